The molecule has 234 valence electrons. The number of benzene rings is 2. The van der Waals surface area contributed by atoms with Gasteiger partial charge in [-0.1, -0.05) is 44.5 Å². The number of carbonyl (C=O) groups excluding carboxylic acids is 2. The SMILES string of the molecule is CCCCS(=O)(=O)CC(NC(=O)C(F)(F)F)C(=O)N(Cc1cccc(CC)c1)C[C@@H](O)[C@@H](N)Cc1cc(F)cc(F)c1. The van der Waals surface area contributed by atoms with Gasteiger partial charge in [0, 0.05) is 25.2 Å². The van der Waals surface area contributed by atoms with Crippen LogP contribution in [0.5, 0.6) is 0 Å². The Hall–Kier alpha value is -3.10. The average molecular weight is 622 g/mol. The summed E-state index contributed by atoms with van der Waals surface area (Å²) in [6.07, 6.45) is -5.88. The highest BCUT2D eigenvalue weighted by Crippen LogP contribution is 2.18. The van der Waals surface area contributed by atoms with E-state index in [2.05, 4.69) is 0 Å². The van der Waals surface area contributed by atoms with Crippen molar-refractivity contribution in [3.63, 3.8) is 0 Å². The van der Waals surface area contributed by atoms with E-state index >= 15 is 0 Å². The first-order valence-electron chi connectivity index (χ1n) is 13.4. The number of hydrogen-bond donors (Lipinski definition) is 3. The minimum atomic E-state index is -5.39. The van der Waals surface area contributed by atoms with E-state index in [9.17, 15) is 45.1 Å². The number of amides is 2. The van der Waals surface area contributed by atoms with Gasteiger partial charge in [0.25, 0.3) is 0 Å². The number of nitrogens with two attached hydrogens (primary N) is 1. The lowest BCUT2D eigenvalue weighted by Gasteiger charge is -2.31. The van der Waals surface area contributed by atoms with E-state index in [1.165, 1.54) is 5.32 Å². The molecule has 8 nitrogen and oxygen atoms in total. The van der Waals surface area contributed by atoms with Gasteiger partial charge >= 0.3 is 12.1 Å². The lowest BCUT2D eigenvalue weighted by atomic mass is 10.0. The Bertz CT molecular complexity index is 1300. The molecule has 0 aliphatic rings. The van der Waals surface area contributed by atoms with Crippen molar-refractivity contribution in [2.24, 2.45) is 5.73 Å². The molecule has 0 radical (unpaired) electrons. The third kappa shape index (κ3) is 11.3. The van der Waals surface area contributed by atoms with Crippen LogP contribution in [0.15, 0.2) is 42.5 Å². The quantitative estimate of drug-likeness (QED) is 0.262. The van der Waals surface area contributed by atoms with Crippen LogP contribution in [0.25, 0.3) is 0 Å². The number of unbranched alkanes of at least 4 members (excludes halogenated alkanes) is 1. The topological polar surface area (TPSA) is 130 Å². The molecule has 0 spiro atoms. The van der Waals surface area contributed by atoms with Crippen LogP contribution in [0.4, 0.5) is 22.0 Å². The van der Waals surface area contributed by atoms with Crippen molar-refractivity contribution in [2.75, 3.05) is 18.1 Å². The summed E-state index contributed by atoms with van der Waals surface area (Å²) in [5.41, 5.74) is 7.56. The Morgan fingerprint density at radius 2 is 1.64 bits per heavy atom. The number of halogens is 5. The van der Waals surface area contributed by atoms with Crippen molar-refractivity contribution in [2.45, 2.75) is 70.4 Å². The van der Waals surface area contributed by atoms with Gasteiger partial charge in [-0.3, -0.25) is 9.59 Å². The van der Waals surface area contributed by atoms with Gasteiger partial charge in [0.2, 0.25) is 5.91 Å². The number of aliphatic hydroxyl groups is 1. The van der Waals surface area contributed by atoms with E-state index in [-0.39, 0.29) is 24.9 Å². The van der Waals surface area contributed by atoms with Crippen molar-refractivity contribution >= 4 is 21.7 Å². The van der Waals surface area contributed by atoms with Crippen molar-refractivity contribution in [1.82, 2.24) is 10.2 Å². The smallest absolute Gasteiger partial charge is 0.390 e. The molecule has 14 heteroatoms. The molecule has 0 aliphatic carbocycles. The fraction of sp³-hybridized carbons (Fsp3) is 0.500. The van der Waals surface area contributed by atoms with Gasteiger partial charge in [-0.2, -0.15) is 13.2 Å². The molecule has 2 amide bonds. The molecule has 2 aromatic rings. The monoisotopic (exact) mass is 621 g/mol. The number of rotatable bonds is 15. The number of aryl methyl sites for hydroxylation is 1. The molecule has 0 saturated heterocycles. The predicted molar refractivity (Wildman–Crippen MR) is 147 cm³/mol. The van der Waals surface area contributed by atoms with Crippen LogP contribution in [-0.4, -0.2) is 72.7 Å². The van der Waals surface area contributed by atoms with Crippen LogP contribution in [0.3, 0.4) is 0 Å². The molecule has 2 rings (SSSR count). The second kappa shape index (κ2) is 15.4. The molecule has 0 heterocycles. The maximum atomic E-state index is 13.7. The molecule has 1 unspecified atom stereocenters. The average Bonchev–Trinajstić information content (AvgIpc) is 2.89. The van der Waals surface area contributed by atoms with Gasteiger partial charge < -0.3 is 21.1 Å². The molecular formula is C28H36F5N3O5S. The number of alkyl halides is 3. The Morgan fingerprint density at radius 1 is 1.02 bits per heavy atom. The maximum absolute atomic E-state index is 13.7. The zero-order chi connectivity index (χ0) is 31.7. The van der Waals surface area contributed by atoms with Crippen molar-refractivity contribution in [1.29, 1.82) is 0 Å². The third-order valence-electron chi connectivity index (χ3n) is 6.47. The van der Waals surface area contributed by atoms with E-state index in [0.717, 1.165) is 22.6 Å². The van der Waals surface area contributed by atoms with E-state index in [0.29, 0.717) is 24.5 Å². The van der Waals surface area contributed by atoms with Gasteiger partial charge in [-0.25, -0.2) is 17.2 Å². The molecule has 0 aliphatic heterocycles. The summed E-state index contributed by atoms with van der Waals surface area (Å²) in [5, 5.41) is 12.4. The molecule has 4 N–H and O–H groups in total. The Balaban J connectivity index is 2.42. The number of nitrogens with one attached hydrogen (secondary N) is 1. The second-order valence-electron chi connectivity index (χ2n) is 10.1. The van der Waals surface area contributed by atoms with Crippen molar-refractivity contribution < 1.29 is 45.1 Å². The van der Waals surface area contributed by atoms with Gasteiger partial charge in [0.05, 0.1) is 17.6 Å². The van der Waals surface area contributed by atoms with E-state index in [4.69, 9.17) is 5.73 Å². The largest absolute Gasteiger partial charge is 0.471 e. The minimum Gasteiger partial charge on any atom is -0.390 e. The zero-order valence-electron chi connectivity index (χ0n) is 23.3. The zero-order valence-corrected chi connectivity index (χ0v) is 24.1. The minimum absolute atomic E-state index is 0.116. The maximum Gasteiger partial charge on any atom is 0.471 e. The summed E-state index contributed by atoms with van der Waals surface area (Å²) < 4.78 is 91.9. The first-order valence-corrected chi connectivity index (χ1v) is 15.2. The molecule has 0 bridgehead atoms. The summed E-state index contributed by atoms with van der Waals surface area (Å²) >= 11 is 0. The van der Waals surface area contributed by atoms with E-state index < -0.39 is 75.7 Å². The lowest BCUT2D eigenvalue weighted by Crippen LogP contribution is -2.56. The predicted octanol–water partition coefficient (Wildman–Crippen LogP) is 3.05. The van der Waals surface area contributed by atoms with E-state index in [1.807, 2.05) is 13.0 Å². The second-order valence-corrected chi connectivity index (χ2v) is 12.3. The van der Waals surface area contributed by atoms with Gasteiger partial charge in [0.1, 0.15) is 17.7 Å². The summed E-state index contributed by atoms with van der Waals surface area (Å²) in [6.45, 7) is 2.74. The molecule has 0 saturated carbocycles. The van der Waals surface area contributed by atoms with Crippen LogP contribution in [0, 0.1) is 11.6 Å². The van der Waals surface area contributed by atoms with Crippen molar-refractivity contribution in [3.8, 4) is 0 Å². The third-order valence-corrected chi connectivity index (χ3v) is 8.22. The fourth-order valence-electron chi connectivity index (χ4n) is 4.24. The normalized spacial score (nSPS) is 14.2. The highest BCUT2D eigenvalue weighted by Gasteiger charge is 2.42. The number of sulfone groups is 1. The lowest BCUT2D eigenvalue weighted by molar-refractivity contribution is -0.175. The van der Waals surface area contributed by atoms with Gasteiger partial charge in [-0.15, -0.1) is 0 Å². The van der Waals surface area contributed by atoms with Gasteiger partial charge in [-0.05, 0) is 48.1 Å². The first-order chi connectivity index (χ1) is 19.5. The highest BCUT2D eigenvalue weighted by molar-refractivity contribution is 7.91. The van der Waals surface area contributed by atoms with Crippen LogP contribution in [-0.2, 0) is 38.8 Å². The standard InChI is InChI=1S/C28H36F5N3O5S/c1-3-5-9-42(40,41)17-24(35-27(39)28(31,32)33)26(38)36(15-19-8-6-7-18(4-2)10-19)16-25(37)23(34)13-20-11-21(29)14-22(30)12-20/h6-8,10-12,14,23-25,37H,3-5,9,13,15-17,34H2,1-2H3,(H,35,39)/t23-,24?,25+/m0/s1. The summed E-state index contributed by atoms with van der Waals surface area (Å²) in [6, 6.07) is 6.24. The van der Waals surface area contributed by atoms with E-state index in [1.54, 1.807) is 25.1 Å². The van der Waals surface area contributed by atoms with Crippen LogP contribution < -0.4 is 11.1 Å². The molecule has 42 heavy (non-hydrogen) atoms. The first kappa shape index (κ1) is 35.1. The van der Waals surface area contributed by atoms with Crippen LogP contribution >= 0.6 is 0 Å². The molecule has 2 aromatic carbocycles. The molecule has 3 atom stereocenters. The Labute approximate surface area is 242 Å². The Morgan fingerprint density at radius 3 is 2.21 bits per heavy atom. The number of hydrogen-bond acceptors (Lipinski definition) is 6. The number of nitrogens with zero attached hydrogens (tertiary/aromatic N) is 1. The fourth-order valence-corrected chi connectivity index (χ4v) is 5.86. The molecular weight excluding hydrogens is 585 g/mol. The molecule has 0 fully saturated rings. The van der Waals surface area contributed by atoms with Crippen molar-refractivity contribution in [3.05, 3.63) is 70.8 Å². The summed E-state index contributed by atoms with van der Waals surface area (Å²) in [5.74, 6) is -6.92. The van der Waals surface area contributed by atoms with Crippen LogP contribution in [0.1, 0.15) is 43.4 Å². The highest BCUT2D eigenvalue weighted by atomic mass is 32.2. The Kier molecular flexibility index (Phi) is 12.9. The van der Waals surface area contributed by atoms with Gasteiger partial charge in [0.15, 0.2) is 9.84 Å². The summed E-state index contributed by atoms with van der Waals surface area (Å²) in [7, 11) is -4.08. The number of aliphatic hydroxyl groups excluding tert-OH is 1. The number of carbonyl (C=O) groups is 2. The van der Waals surface area contributed by atoms with Crippen LogP contribution in [0.2, 0.25) is 0 Å². The molecule has 0 aromatic heterocycles. The summed E-state index contributed by atoms with van der Waals surface area (Å²) in [4.78, 5) is 26.4.